The van der Waals surface area contributed by atoms with E-state index in [2.05, 4.69) is 21.2 Å². The predicted molar refractivity (Wildman–Crippen MR) is 101 cm³/mol. The summed E-state index contributed by atoms with van der Waals surface area (Å²) in [7, 11) is 0. The number of carbonyl (C=O) groups excluding carboxylic acids is 1. The van der Waals surface area contributed by atoms with Crippen LogP contribution in [-0.2, 0) is 0 Å². The van der Waals surface area contributed by atoms with Crippen molar-refractivity contribution in [3.63, 3.8) is 0 Å². The molecule has 1 heterocycles. The molecule has 4 rings (SSSR count). The molecule has 3 nitrogen and oxygen atoms in total. The van der Waals surface area contributed by atoms with E-state index in [0.717, 1.165) is 31.9 Å². The maximum absolute atomic E-state index is 12.5. The van der Waals surface area contributed by atoms with Gasteiger partial charge in [-0.1, -0.05) is 46.3 Å². The van der Waals surface area contributed by atoms with Crippen molar-refractivity contribution in [2.24, 2.45) is 0 Å². The lowest BCUT2D eigenvalue weighted by Crippen LogP contribution is -2.10. The number of amides is 1. The van der Waals surface area contributed by atoms with E-state index in [4.69, 9.17) is 4.42 Å². The Morgan fingerprint density at radius 2 is 1.83 bits per heavy atom. The van der Waals surface area contributed by atoms with Crippen LogP contribution in [-0.4, -0.2) is 5.91 Å². The molecule has 24 heavy (non-hydrogen) atoms. The number of aryl methyl sites for hydroxylation is 1. The van der Waals surface area contributed by atoms with Crippen molar-refractivity contribution >= 4 is 49.3 Å². The highest BCUT2D eigenvalue weighted by Gasteiger charge is 2.14. The number of hydrogen-bond donors (Lipinski definition) is 1. The fourth-order valence-electron chi connectivity index (χ4n) is 2.82. The minimum absolute atomic E-state index is 0.253. The Morgan fingerprint density at radius 1 is 1.00 bits per heavy atom. The fourth-order valence-corrected chi connectivity index (χ4v) is 3.07. The van der Waals surface area contributed by atoms with Gasteiger partial charge < -0.3 is 9.73 Å². The van der Waals surface area contributed by atoms with Gasteiger partial charge in [0.2, 0.25) is 0 Å². The predicted octanol–water partition coefficient (Wildman–Crippen LogP) is 5.91. The van der Waals surface area contributed by atoms with Gasteiger partial charge in [0.15, 0.2) is 5.76 Å². The zero-order valence-electron chi connectivity index (χ0n) is 13.0. The van der Waals surface area contributed by atoms with Crippen molar-refractivity contribution < 1.29 is 9.21 Å². The minimum atomic E-state index is -0.253. The van der Waals surface area contributed by atoms with Gasteiger partial charge in [-0.3, -0.25) is 4.79 Å². The maximum Gasteiger partial charge on any atom is 0.291 e. The van der Waals surface area contributed by atoms with E-state index in [-0.39, 0.29) is 5.91 Å². The average Bonchev–Trinajstić information content (AvgIpc) is 3.03. The molecule has 1 N–H and O–H groups in total. The zero-order chi connectivity index (χ0) is 16.7. The quantitative estimate of drug-likeness (QED) is 0.470. The van der Waals surface area contributed by atoms with Gasteiger partial charge in [-0.25, -0.2) is 0 Å². The first-order valence-electron chi connectivity index (χ1n) is 7.60. The second kappa shape index (κ2) is 5.80. The molecule has 3 aromatic carbocycles. The van der Waals surface area contributed by atoms with Gasteiger partial charge in [0, 0.05) is 15.5 Å². The van der Waals surface area contributed by atoms with E-state index in [1.807, 2.05) is 61.5 Å². The lowest BCUT2D eigenvalue weighted by molar-refractivity contribution is 0.0998. The molecule has 0 spiro atoms. The molecule has 0 atom stereocenters. The highest BCUT2D eigenvalue weighted by Crippen LogP contribution is 2.28. The first kappa shape index (κ1) is 15.0. The van der Waals surface area contributed by atoms with Crippen LogP contribution in [0.15, 0.2) is 69.6 Å². The highest BCUT2D eigenvalue weighted by molar-refractivity contribution is 9.10. The van der Waals surface area contributed by atoms with Crippen molar-refractivity contribution in [1.29, 1.82) is 0 Å². The Labute approximate surface area is 147 Å². The second-order valence-corrected chi connectivity index (χ2v) is 6.58. The summed E-state index contributed by atoms with van der Waals surface area (Å²) in [5.74, 6) is 0.0546. The van der Waals surface area contributed by atoms with Crippen LogP contribution in [0.3, 0.4) is 0 Å². The number of rotatable bonds is 2. The molecule has 0 saturated heterocycles. The monoisotopic (exact) mass is 379 g/mol. The maximum atomic E-state index is 12.5. The van der Waals surface area contributed by atoms with Crippen LogP contribution in [0.4, 0.5) is 5.69 Å². The molecule has 0 aliphatic rings. The second-order valence-electron chi connectivity index (χ2n) is 5.73. The molecule has 0 bridgehead atoms. The van der Waals surface area contributed by atoms with Crippen LogP contribution >= 0.6 is 15.9 Å². The lowest BCUT2D eigenvalue weighted by atomic mass is 10.1. The standard InChI is InChI=1S/C20H14BrNO2/c1-12-10-14(7-8-17(12)21)22-20(23)19-11-16-15-5-3-2-4-13(15)6-9-18(16)24-19/h2-11H,1H3,(H,22,23). The average molecular weight is 380 g/mol. The summed E-state index contributed by atoms with van der Waals surface area (Å²) in [5, 5.41) is 6.04. The van der Waals surface area contributed by atoms with E-state index < -0.39 is 0 Å². The number of hydrogen-bond acceptors (Lipinski definition) is 2. The minimum Gasteiger partial charge on any atom is -0.451 e. The summed E-state index contributed by atoms with van der Waals surface area (Å²) >= 11 is 3.46. The number of carbonyl (C=O) groups is 1. The number of halogens is 1. The Kier molecular flexibility index (Phi) is 3.62. The van der Waals surface area contributed by atoms with Crippen LogP contribution in [0.1, 0.15) is 16.1 Å². The molecule has 0 fully saturated rings. The molecule has 1 aromatic heterocycles. The normalized spacial score (nSPS) is 11.1. The van der Waals surface area contributed by atoms with E-state index in [0.29, 0.717) is 11.3 Å². The molecule has 0 radical (unpaired) electrons. The van der Waals surface area contributed by atoms with Crippen molar-refractivity contribution in [1.82, 2.24) is 0 Å². The molecule has 0 aliphatic heterocycles. The summed E-state index contributed by atoms with van der Waals surface area (Å²) in [4.78, 5) is 12.5. The summed E-state index contributed by atoms with van der Waals surface area (Å²) < 4.78 is 6.75. The highest BCUT2D eigenvalue weighted by atomic mass is 79.9. The van der Waals surface area contributed by atoms with Crippen LogP contribution in [0.5, 0.6) is 0 Å². The van der Waals surface area contributed by atoms with Gasteiger partial charge in [0.05, 0.1) is 0 Å². The summed E-state index contributed by atoms with van der Waals surface area (Å²) in [6, 6.07) is 19.5. The molecule has 4 aromatic rings. The van der Waals surface area contributed by atoms with Gasteiger partial charge in [0.1, 0.15) is 5.58 Å². The van der Waals surface area contributed by atoms with Crippen molar-refractivity contribution in [2.45, 2.75) is 6.92 Å². The molecule has 118 valence electrons. The SMILES string of the molecule is Cc1cc(NC(=O)c2cc3c(ccc4ccccc43)o2)ccc1Br. The van der Waals surface area contributed by atoms with Gasteiger partial charge in [-0.2, -0.15) is 0 Å². The van der Waals surface area contributed by atoms with E-state index in [1.165, 1.54) is 0 Å². The number of fused-ring (bicyclic) bond motifs is 3. The first-order chi connectivity index (χ1) is 11.6. The van der Waals surface area contributed by atoms with Crippen LogP contribution in [0.2, 0.25) is 0 Å². The molecule has 0 saturated carbocycles. The lowest BCUT2D eigenvalue weighted by Gasteiger charge is -2.05. The largest absolute Gasteiger partial charge is 0.451 e. The smallest absolute Gasteiger partial charge is 0.291 e. The topological polar surface area (TPSA) is 42.2 Å². The number of benzene rings is 3. The molecular weight excluding hydrogens is 366 g/mol. The fraction of sp³-hybridized carbons (Fsp3) is 0.0500. The summed E-state index contributed by atoms with van der Waals surface area (Å²) in [6.07, 6.45) is 0. The van der Waals surface area contributed by atoms with Crippen LogP contribution in [0, 0.1) is 6.92 Å². The van der Waals surface area contributed by atoms with Gasteiger partial charge in [-0.05, 0) is 53.6 Å². The summed E-state index contributed by atoms with van der Waals surface area (Å²) in [6.45, 7) is 1.98. The Morgan fingerprint density at radius 3 is 2.67 bits per heavy atom. The summed E-state index contributed by atoms with van der Waals surface area (Å²) in [5.41, 5.74) is 2.51. The van der Waals surface area contributed by atoms with Gasteiger partial charge in [-0.15, -0.1) is 0 Å². The van der Waals surface area contributed by atoms with Gasteiger partial charge >= 0.3 is 0 Å². The molecular formula is C20H14BrNO2. The number of nitrogens with one attached hydrogen (secondary N) is 1. The van der Waals surface area contributed by atoms with E-state index >= 15 is 0 Å². The van der Waals surface area contributed by atoms with E-state index in [1.54, 1.807) is 6.07 Å². The molecule has 0 aliphatic carbocycles. The number of furan rings is 1. The van der Waals surface area contributed by atoms with Gasteiger partial charge in [0.25, 0.3) is 5.91 Å². The van der Waals surface area contributed by atoms with Crippen molar-refractivity contribution in [2.75, 3.05) is 5.32 Å². The zero-order valence-corrected chi connectivity index (χ0v) is 14.6. The Hall–Kier alpha value is -2.59. The van der Waals surface area contributed by atoms with Crippen molar-refractivity contribution in [3.05, 3.63) is 76.5 Å². The number of anilines is 1. The molecule has 1 amide bonds. The first-order valence-corrected chi connectivity index (χ1v) is 8.40. The molecule has 4 heteroatoms. The Bertz CT molecular complexity index is 1080. The molecule has 0 unspecified atom stereocenters. The van der Waals surface area contributed by atoms with Crippen molar-refractivity contribution in [3.8, 4) is 0 Å². The van der Waals surface area contributed by atoms with Crippen LogP contribution < -0.4 is 5.32 Å². The third-order valence-corrected chi connectivity index (χ3v) is 4.96. The Balaban J connectivity index is 1.71. The third-order valence-electron chi connectivity index (χ3n) is 4.07. The van der Waals surface area contributed by atoms with Crippen LogP contribution in [0.25, 0.3) is 21.7 Å². The van der Waals surface area contributed by atoms with E-state index in [9.17, 15) is 4.79 Å². The third kappa shape index (κ3) is 2.59.